The summed E-state index contributed by atoms with van der Waals surface area (Å²) in [6.45, 7) is 2.07. The van der Waals surface area contributed by atoms with Gasteiger partial charge in [0.05, 0.1) is 0 Å². The maximum atomic E-state index is 12.2. The van der Waals surface area contributed by atoms with Gasteiger partial charge < -0.3 is 0 Å². The minimum Gasteiger partial charge on any atom is -0.294 e. The number of fused-ring (bicyclic) bond motifs is 1. The summed E-state index contributed by atoms with van der Waals surface area (Å²) in [7, 11) is 0. The standard InChI is InChI=1S/C15H16O/c1-10-5-7-11(8-6-10)14-9-12-3-2-4-13(12)15(14)16/h5-9,12-13H,2-4H2,1H3. The van der Waals surface area contributed by atoms with Crippen molar-refractivity contribution in [2.45, 2.75) is 26.2 Å². The van der Waals surface area contributed by atoms with Crippen molar-refractivity contribution in [2.24, 2.45) is 11.8 Å². The predicted molar refractivity (Wildman–Crippen MR) is 65.0 cm³/mol. The van der Waals surface area contributed by atoms with E-state index >= 15 is 0 Å². The third-order valence-electron chi connectivity index (χ3n) is 3.91. The third kappa shape index (κ3) is 1.42. The summed E-state index contributed by atoms with van der Waals surface area (Å²) in [5, 5.41) is 0. The van der Waals surface area contributed by atoms with Crippen LogP contribution in [0.1, 0.15) is 30.4 Å². The van der Waals surface area contributed by atoms with Crippen molar-refractivity contribution in [2.75, 3.05) is 0 Å². The van der Waals surface area contributed by atoms with Crippen LogP contribution in [0.2, 0.25) is 0 Å². The Kier molecular flexibility index (Phi) is 2.20. The highest BCUT2D eigenvalue weighted by Crippen LogP contribution is 2.43. The van der Waals surface area contributed by atoms with Gasteiger partial charge in [-0.15, -0.1) is 0 Å². The monoisotopic (exact) mass is 212 g/mol. The Labute approximate surface area is 96.2 Å². The van der Waals surface area contributed by atoms with E-state index in [9.17, 15) is 4.79 Å². The minimum absolute atomic E-state index is 0.302. The van der Waals surface area contributed by atoms with Crippen LogP contribution in [0.25, 0.3) is 5.57 Å². The molecule has 0 amide bonds. The number of allylic oxidation sites excluding steroid dienone is 2. The Morgan fingerprint density at radius 2 is 1.88 bits per heavy atom. The van der Waals surface area contributed by atoms with Crippen LogP contribution in [0.4, 0.5) is 0 Å². The van der Waals surface area contributed by atoms with Gasteiger partial charge in [0.1, 0.15) is 0 Å². The maximum Gasteiger partial charge on any atom is 0.166 e. The molecule has 1 aromatic rings. The molecule has 0 heterocycles. The summed E-state index contributed by atoms with van der Waals surface area (Å²) in [4.78, 5) is 12.2. The van der Waals surface area contributed by atoms with Gasteiger partial charge in [0.2, 0.25) is 0 Å². The lowest BCUT2D eigenvalue weighted by Crippen LogP contribution is -2.10. The van der Waals surface area contributed by atoms with Crippen LogP contribution < -0.4 is 0 Å². The van der Waals surface area contributed by atoms with Gasteiger partial charge >= 0.3 is 0 Å². The fourth-order valence-corrected chi connectivity index (χ4v) is 2.98. The molecule has 2 aliphatic rings. The smallest absolute Gasteiger partial charge is 0.166 e. The molecule has 0 saturated heterocycles. The summed E-state index contributed by atoms with van der Waals surface area (Å²) in [6, 6.07) is 8.30. The second kappa shape index (κ2) is 3.58. The lowest BCUT2D eigenvalue weighted by molar-refractivity contribution is -0.117. The number of aryl methyl sites for hydroxylation is 1. The first-order chi connectivity index (χ1) is 7.75. The number of benzene rings is 1. The fraction of sp³-hybridized carbons (Fsp3) is 0.400. The molecule has 1 heteroatoms. The summed E-state index contributed by atoms with van der Waals surface area (Å²) < 4.78 is 0. The van der Waals surface area contributed by atoms with E-state index in [1.165, 1.54) is 18.4 Å². The Morgan fingerprint density at radius 1 is 1.12 bits per heavy atom. The normalized spacial score (nSPS) is 28.1. The van der Waals surface area contributed by atoms with Gasteiger partial charge in [-0.3, -0.25) is 4.79 Å². The third-order valence-corrected chi connectivity index (χ3v) is 3.91. The second-order valence-corrected chi connectivity index (χ2v) is 5.01. The van der Waals surface area contributed by atoms with E-state index < -0.39 is 0 Å². The van der Waals surface area contributed by atoms with Crippen LogP contribution in [0.15, 0.2) is 30.3 Å². The minimum atomic E-state index is 0.302. The molecule has 3 rings (SSSR count). The van der Waals surface area contributed by atoms with E-state index in [0.29, 0.717) is 17.6 Å². The van der Waals surface area contributed by atoms with Gasteiger partial charge in [0.25, 0.3) is 0 Å². The zero-order chi connectivity index (χ0) is 11.1. The second-order valence-electron chi connectivity index (χ2n) is 5.01. The van der Waals surface area contributed by atoms with Gasteiger partial charge in [-0.1, -0.05) is 42.3 Å². The van der Waals surface area contributed by atoms with Crippen LogP contribution in [0.5, 0.6) is 0 Å². The average Bonchev–Trinajstić information content (AvgIpc) is 2.84. The highest BCUT2D eigenvalue weighted by molar-refractivity contribution is 6.24. The van der Waals surface area contributed by atoms with E-state index in [1.807, 2.05) is 0 Å². The van der Waals surface area contributed by atoms with Crippen LogP contribution in [-0.4, -0.2) is 5.78 Å². The van der Waals surface area contributed by atoms with Gasteiger partial charge in [0, 0.05) is 11.5 Å². The number of carbonyl (C=O) groups is 1. The Balaban J connectivity index is 1.96. The summed E-state index contributed by atoms with van der Waals surface area (Å²) in [5.41, 5.74) is 3.31. The lowest BCUT2D eigenvalue weighted by Gasteiger charge is -2.06. The Morgan fingerprint density at radius 3 is 2.56 bits per heavy atom. The molecule has 1 aromatic carbocycles. The Bertz CT molecular complexity index is 453. The van der Waals surface area contributed by atoms with Crippen molar-refractivity contribution in [3.8, 4) is 0 Å². The fourth-order valence-electron chi connectivity index (χ4n) is 2.98. The van der Waals surface area contributed by atoms with Crippen LogP contribution in [0, 0.1) is 18.8 Å². The highest BCUT2D eigenvalue weighted by Gasteiger charge is 2.38. The first-order valence-corrected chi connectivity index (χ1v) is 6.09. The predicted octanol–water partition coefficient (Wildman–Crippen LogP) is 3.38. The van der Waals surface area contributed by atoms with Crippen molar-refractivity contribution in [3.63, 3.8) is 0 Å². The summed E-state index contributed by atoms with van der Waals surface area (Å²) in [6.07, 6.45) is 5.73. The summed E-state index contributed by atoms with van der Waals surface area (Å²) in [5.74, 6) is 1.21. The molecule has 0 N–H and O–H groups in total. The molecular weight excluding hydrogens is 196 g/mol. The van der Waals surface area contributed by atoms with E-state index in [2.05, 4.69) is 37.3 Å². The quantitative estimate of drug-likeness (QED) is 0.697. The van der Waals surface area contributed by atoms with Crippen molar-refractivity contribution >= 4 is 11.4 Å². The number of rotatable bonds is 1. The molecule has 0 radical (unpaired) electrons. The van der Waals surface area contributed by atoms with E-state index in [1.54, 1.807) is 0 Å². The number of hydrogen-bond acceptors (Lipinski definition) is 1. The van der Waals surface area contributed by atoms with Crippen LogP contribution in [-0.2, 0) is 4.79 Å². The zero-order valence-corrected chi connectivity index (χ0v) is 9.57. The molecule has 0 aromatic heterocycles. The first kappa shape index (κ1) is 9.83. The van der Waals surface area contributed by atoms with Gasteiger partial charge in [-0.25, -0.2) is 0 Å². The molecule has 82 valence electrons. The maximum absolute atomic E-state index is 12.2. The van der Waals surface area contributed by atoms with Crippen molar-refractivity contribution in [1.29, 1.82) is 0 Å². The van der Waals surface area contributed by atoms with E-state index in [-0.39, 0.29) is 0 Å². The van der Waals surface area contributed by atoms with E-state index in [0.717, 1.165) is 17.6 Å². The molecule has 1 saturated carbocycles. The topological polar surface area (TPSA) is 17.1 Å². The molecular formula is C15H16O. The van der Waals surface area contributed by atoms with Gasteiger partial charge in [-0.05, 0) is 31.2 Å². The number of ketones is 1. The molecule has 0 aliphatic heterocycles. The largest absolute Gasteiger partial charge is 0.294 e. The van der Waals surface area contributed by atoms with E-state index in [4.69, 9.17) is 0 Å². The van der Waals surface area contributed by atoms with Crippen molar-refractivity contribution in [3.05, 3.63) is 41.5 Å². The molecule has 1 nitrogen and oxygen atoms in total. The molecule has 2 atom stereocenters. The number of carbonyl (C=O) groups excluding carboxylic acids is 1. The molecule has 16 heavy (non-hydrogen) atoms. The Hall–Kier alpha value is -1.37. The molecule has 0 spiro atoms. The van der Waals surface area contributed by atoms with Gasteiger partial charge in [-0.2, -0.15) is 0 Å². The number of Topliss-reactive ketones (excluding diaryl/α,β-unsaturated/α-hetero) is 1. The summed E-state index contributed by atoms with van der Waals surface area (Å²) >= 11 is 0. The highest BCUT2D eigenvalue weighted by atomic mass is 16.1. The number of hydrogen-bond donors (Lipinski definition) is 0. The first-order valence-electron chi connectivity index (χ1n) is 6.09. The lowest BCUT2D eigenvalue weighted by atomic mass is 9.96. The SMILES string of the molecule is Cc1ccc(C2=CC3CCCC3C2=O)cc1. The molecule has 1 fully saturated rings. The van der Waals surface area contributed by atoms with Gasteiger partial charge in [0.15, 0.2) is 5.78 Å². The molecule has 2 aliphatic carbocycles. The van der Waals surface area contributed by atoms with Crippen LogP contribution >= 0.6 is 0 Å². The van der Waals surface area contributed by atoms with Crippen LogP contribution in [0.3, 0.4) is 0 Å². The zero-order valence-electron chi connectivity index (χ0n) is 9.57. The molecule has 2 unspecified atom stereocenters. The molecule has 0 bridgehead atoms. The van der Waals surface area contributed by atoms with Crippen molar-refractivity contribution in [1.82, 2.24) is 0 Å². The average molecular weight is 212 g/mol. The van der Waals surface area contributed by atoms with Crippen molar-refractivity contribution < 1.29 is 4.79 Å².